The summed E-state index contributed by atoms with van der Waals surface area (Å²) in [6.45, 7) is 3.80. The summed E-state index contributed by atoms with van der Waals surface area (Å²) in [4.78, 5) is 23.0. The highest BCUT2D eigenvalue weighted by Gasteiger charge is 2.15. The van der Waals surface area contributed by atoms with E-state index >= 15 is 0 Å². The number of carboxylic acids is 1. The molecule has 1 heterocycles. The molecule has 18 heavy (non-hydrogen) atoms. The lowest BCUT2D eigenvalue weighted by Gasteiger charge is -2.11. The standard InChI is InChI=1S/C13H12FNO3/c1-3-15-6-9(13(17)18)12(16)8-4-7(2)10(14)5-11(8)15/h4-6H,3H2,1-2H3,(H,17,18). The average Bonchev–Trinajstić information content (AvgIpc) is 2.32. The summed E-state index contributed by atoms with van der Waals surface area (Å²) in [5, 5.41) is 9.21. The van der Waals surface area contributed by atoms with Crippen molar-refractivity contribution in [3.8, 4) is 0 Å². The van der Waals surface area contributed by atoms with Crippen LogP contribution in [-0.4, -0.2) is 15.6 Å². The third-order valence-corrected chi connectivity index (χ3v) is 2.93. The average molecular weight is 249 g/mol. The molecule has 0 saturated heterocycles. The maximum atomic E-state index is 13.5. The van der Waals surface area contributed by atoms with Crippen LogP contribution in [0.4, 0.5) is 4.39 Å². The Morgan fingerprint density at radius 3 is 2.67 bits per heavy atom. The minimum atomic E-state index is -1.27. The number of hydrogen-bond donors (Lipinski definition) is 1. The SMILES string of the molecule is CCn1cc(C(=O)O)c(=O)c2cc(C)c(F)cc21. The van der Waals surface area contributed by atoms with E-state index in [0.29, 0.717) is 17.6 Å². The Morgan fingerprint density at radius 1 is 1.44 bits per heavy atom. The van der Waals surface area contributed by atoms with Gasteiger partial charge in [0, 0.05) is 18.1 Å². The molecule has 0 aliphatic rings. The predicted octanol–water partition coefficient (Wildman–Crippen LogP) is 2.17. The lowest BCUT2D eigenvalue weighted by Crippen LogP contribution is -2.19. The lowest BCUT2D eigenvalue weighted by molar-refractivity contribution is 0.0695. The number of fused-ring (bicyclic) bond motifs is 1. The smallest absolute Gasteiger partial charge is 0.341 e. The summed E-state index contributed by atoms with van der Waals surface area (Å²) in [6, 6.07) is 2.66. The molecule has 0 saturated carbocycles. The van der Waals surface area contributed by atoms with Crippen LogP contribution in [0.2, 0.25) is 0 Å². The number of aromatic nitrogens is 1. The number of carbonyl (C=O) groups is 1. The van der Waals surface area contributed by atoms with E-state index in [0.717, 1.165) is 0 Å². The Labute approximate surface area is 102 Å². The lowest BCUT2D eigenvalue weighted by atomic mass is 10.1. The summed E-state index contributed by atoms with van der Waals surface area (Å²) in [6.07, 6.45) is 1.25. The van der Waals surface area contributed by atoms with Gasteiger partial charge in [-0.25, -0.2) is 9.18 Å². The third kappa shape index (κ3) is 1.77. The second-order valence-corrected chi connectivity index (χ2v) is 4.08. The number of benzene rings is 1. The molecule has 0 fully saturated rings. The molecule has 0 aliphatic heterocycles. The van der Waals surface area contributed by atoms with E-state index in [4.69, 9.17) is 5.11 Å². The van der Waals surface area contributed by atoms with Crippen molar-refractivity contribution in [1.29, 1.82) is 0 Å². The van der Waals surface area contributed by atoms with Gasteiger partial charge in [-0.2, -0.15) is 0 Å². The number of rotatable bonds is 2. The first-order chi connectivity index (χ1) is 8.45. The number of nitrogens with zero attached hydrogens (tertiary/aromatic N) is 1. The second kappa shape index (κ2) is 4.25. The fourth-order valence-corrected chi connectivity index (χ4v) is 1.93. The molecule has 94 valence electrons. The van der Waals surface area contributed by atoms with Crippen molar-refractivity contribution in [2.75, 3.05) is 0 Å². The van der Waals surface area contributed by atoms with Gasteiger partial charge in [-0.3, -0.25) is 4.79 Å². The van der Waals surface area contributed by atoms with E-state index in [2.05, 4.69) is 0 Å². The van der Waals surface area contributed by atoms with Crippen LogP contribution in [0.15, 0.2) is 23.1 Å². The molecule has 0 unspecified atom stereocenters. The van der Waals surface area contributed by atoms with Gasteiger partial charge in [0.1, 0.15) is 11.4 Å². The van der Waals surface area contributed by atoms with E-state index in [-0.39, 0.29) is 10.9 Å². The highest BCUT2D eigenvalue weighted by Crippen LogP contribution is 2.17. The normalized spacial score (nSPS) is 10.8. The van der Waals surface area contributed by atoms with E-state index in [1.54, 1.807) is 11.5 Å². The summed E-state index contributed by atoms with van der Waals surface area (Å²) in [5.41, 5.74) is -0.138. The topological polar surface area (TPSA) is 59.3 Å². The molecule has 4 nitrogen and oxygen atoms in total. The summed E-state index contributed by atoms with van der Waals surface area (Å²) >= 11 is 0. The highest BCUT2D eigenvalue weighted by atomic mass is 19.1. The van der Waals surface area contributed by atoms with Crippen LogP contribution in [0.1, 0.15) is 22.8 Å². The monoisotopic (exact) mass is 249 g/mol. The Bertz CT molecular complexity index is 703. The number of hydrogen-bond acceptors (Lipinski definition) is 2. The number of aryl methyl sites for hydroxylation is 2. The van der Waals surface area contributed by atoms with Crippen LogP contribution in [0.5, 0.6) is 0 Å². The van der Waals surface area contributed by atoms with Crippen LogP contribution < -0.4 is 5.43 Å². The quantitative estimate of drug-likeness (QED) is 0.887. The van der Waals surface area contributed by atoms with Gasteiger partial charge in [0.05, 0.1) is 5.52 Å². The van der Waals surface area contributed by atoms with Gasteiger partial charge in [0.2, 0.25) is 5.43 Å². The molecule has 5 heteroatoms. The van der Waals surface area contributed by atoms with Gasteiger partial charge in [0.15, 0.2) is 0 Å². The molecule has 0 atom stereocenters. The molecule has 0 radical (unpaired) electrons. The van der Waals surface area contributed by atoms with Crippen LogP contribution in [-0.2, 0) is 6.54 Å². The van der Waals surface area contributed by atoms with Gasteiger partial charge in [-0.05, 0) is 31.5 Å². The van der Waals surface area contributed by atoms with E-state index < -0.39 is 17.2 Å². The highest BCUT2D eigenvalue weighted by molar-refractivity contribution is 5.92. The molecule has 2 rings (SSSR count). The van der Waals surface area contributed by atoms with Crippen molar-refractivity contribution in [1.82, 2.24) is 4.57 Å². The first kappa shape index (κ1) is 12.3. The zero-order valence-electron chi connectivity index (χ0n) is 10.0. The number of carboxylic acid groups (broad SMARTS) is 1. The number of halogens is 1. The molecular weight excluding hydrogens is 237 g/mol. The van der Waals surface area contributed by atoms with Crippen molar-refractivity contribution in [2.45, 2.75) is 20.4 Å². The molecular formula is C13H12FNO3. The van der Waals surface area contributed by atoms with Crippen molar-refractivity contribution >= 4 is 16.9 Å². The molecule has 0 aliphatic carbocycles. The molecule has 1 aromatic carbocycles. The van der Waals surface area contributed by atoms with E-state index in [9.17, 15) is 14.0 Å². The third-order valence-electron chi connectivity index (χ3n) is 2.93. The summed E-state index contributed by atoms with van der Waals surface area (Å²) < 4.78 is 15.1. The van der Waals surface area contributed by atoms with Gasteiger partial charge < -0.3 is 9.67 Å². The minimum Gasteiger partial charge on any atom is -0.477 e. The van der Waals surface area contributed by atoms with Crippen LogP contribution in [0.25, 0.3) is 10.9 Å². The Hall–Kier alpha value is -2.17. The van der Waals surface area contributed by atoms with E-state index in [1.807, 2.05) is 0 Å². The molecule has 0 spiro atoms. The summed E-state index contributed by atoms with van der Waals surface area (Å²) in [5.74, 6) is -1.68. The van der Waals surface area contributed by atoms with Gasteiger partial charge >= 0.3 is 5.97 Å². The summed E-state index contributed by atoms with van der Waals surface area (Å²) in [7, 11) is 0. The first-order valence-corrected chi connectivity index (χ1v) is 5.52. The van der Waals surface area contributed by atoms with Gasteiger partial charge in [-0.15, -0.1) is 0 Å². The zero-order chi connectivity index (χ0) is 13.4. The van der Waals surface area contributed by atoms with Gasteiger partial charge in [-0.1, -0.05) is 0 Å². The maximum absolute atomic E-state index is 13.5. The van der Waals surface area contributed by atoms with Crippen LogP contribution in [0.3, 0.4) is 0 Å². The molecule has 2 aromatic rings. The van der Waals surface area contributed by atoms with Crippen LogP contribution in [0, 0.1) is 12.7 Å². The van der Waals surface area contributed by atoms with Gasteiger partial charge in [0.25, 0.3) is 0 Å². The van der Waals surface area contributed by atoms with Crippen molar-refractivity contribution in [3.63, 3.8) is 0 Å². The van der Waals surface area contributed by atoms with Crippen molar-refractivity contribution in [3.05, 3.63) is 45.5 Å². The molecule has 1 N–H and O–H groups in total. The second-order valence-electron chi connectivity index (χ2n) is 4.08. The first-order valence-electron chi connectivity index (χ1n) is 5.52. The molecule has 0 amide bonds. The largest absolute Gasteiger partial charge is 0.477 e. The fourth-order valence-electron chi connectivity index (χ4n) is 1.93. The Balaban J connectivity index is 2.99. The Morgan fingerprint density at radius 2 is 2.11 bits per heavy atom. The maximum Gasteiger partial charge on any atom is 0.341 e. The van der Waals surface area contributed by atoms with Crippen LogP contribution >= 0.6 is 0 Å². The number of pyridine rings is 1. The Kier molecular flexibility index (Phi) is 2.90. The minimum absolute atomic E-state index is 0.232. The molecule has 1 aromatic heterocycles. The van der Waals surface area contributed by atoms with Crippen molar-refractivity contribution < 1.29 is 14.3 Å². The number of aromatic carboxylic acids is 1. The fraction of sp³-hybridized carbons (Fsp3) is 0.231. The predicted molar refractivity (Wildman–Crippen MR) is 65.5 cm³/mol. The van der Waals surface area contributed by atoms with Crippen molar-refractivity contribution in [2.24, 2.45) is 0 Å². The zero-order valence-corrected chi connectivity index (χ0v) is 10.0. The molecule has 0 bridgehead atoms. The van der Waals surface area contributed by atoms with E-state index in [1.165, 1.54) is 25.3 Å².